The quantitative estimate of drug-likeness (QED) is 0.584. The van der Waals surface area contributed by atoms with E-state index in [4.69, 9.17) is 20.7 Å². The molecular weight excluding hydrogens is 352 g/mol. The second-order valence-electron chi connectivity index (χ2n) is 7.08. The Morgan fingerprint density at radius 3 is 2.63 bits per heavy atom. The van der Waals surface area contributed by atoms with Gasteiger partial charge in [0, 0.05) is 31.7 Å². The van der Waals surface area contributed by atoms with Crippen LogP contribution in [-0.2, 0) is 10.2 Å². The van der Waals surface area contributed by atoms with Gasteiger partial charge in [-0.25, -0.2) is 4.79 Å². The molecule has 3 atom stereocenters. The number of carbonyl (C=O) groups excluding carboxylic acids is 1. The largest absolute Gasteiger partial charge is 0.480 e. The minimum atomic E-state index is -1.18. The maximum Gasteiger partial charge on any atom is 0.412 e. The zero-order valence-electron chi connectivity index (χ0n) is 16.1. The molecule has 9 nitrogen and oxygen atoms in total. The molecule has 9 heteroatoms. The summed E-state index contributed by atoms with van der Waals surface area (Å²) in [5.41, 5.74) is 7.37. The number of aliphatic hydroxyl groups excluding tert-OH is 1. The zero-order valence-corrected chi connectivity index (χ0v) is 16.1. The van der Waals surface area contributed by atoms with Crippen molar-refractivity contribution in [2.24, 2.45) is 5.73 Å². The van der Waals surface area contributed by atoms with Crippen molar-refractivity contribution in [3.8, 4) is 5.75 Å². The number of amides is 1. The first kappa shape index (κ1) is 20.9. The van der Waals surface area contributed by atoms with E-state index in [0.29, 0.717) is 11.9 Å². The number of carbonyl (C=O) groups is 2. The van der Waals surface area contributed by atoms with E-state index < -0.39 is 24.7 Å². The van der Waals surface area contributed by atoms with Crippen molar-refractivity contribution in [2.45, 2.75) is 31.0 Å². The number of likely N-dealkylation sites (tertiary alicyclic amines) is 1. The summed E-state index contributed by atoms with van der Waals surface area (Å²) in [5.74, 6) is -0.574. The lowest BCUT2D eigenvalue weighted by Gasteiger charge is -2.32. The van der Waals surface area contributed by atoms with Crippen molar-refractivity contribution < 1.29 is 24.5 Å². The summed E-state index contributed by atoms with van der Waals surface area (Å²) in [4.78, 5) is 25.7. The van der Waals surface area contributed by atoms with E-state index in [1.54, 1.807) is 7.05 Å². The lowest BCUT2D eigenvalue weighted by Crippen LogP contribution is -2.45. The van der Waals surface area contributed by atoms with E-state index in [9.17, 15) is 9.59 Å². The highest BCUT2D eigenvalue weighted by molar-refractivity contribution is 5.73. The average molecular weight is 380 g/mol. The molecule has 1 saturated heterocycles. The van der Waals surface area contributed by atoms with Crippen LogP contribution in [0.4, 0.5) is 10.5 Å². The summed E-state index contributed by atoms with van der Waals surface area (Å²) in [7, 11) is 5.86. The monoisotopic (exact) mass is 380 g/mol. The van der Waals surface area contributed by atoms with Gasteiger partial charge in [0.15, 0.2) is 0 Å². The van der Waals surface area contributed by atoms with Gasteiger partial charge < -0.3 is 30.9 Å². The topological polar surface area (TPSA) is 128 Å². The number of carboxylic acid groups (broad SMARTS) is 1. The van der Waals surface area contributed by atoms with E-state index in [1.165, 1.54) is 11.3 Å². The first-order chi connectivity index (χ1) is 12.7. The van der Waals surface area contributed by atoms with Gasteiger partial charge in [-0.15, -0.1) is 0 Å². The molecule has 0 aliphatic carbocycles. The molecule has 0 aromatic heterocycles. The van der Waals surface area contributed by atoms with Crippen molar-refractivity contribution in [2.75, 3.05) is 39.2 Å². The standard InChI is InChI=1S/C15H21N3O2.C3H7NO3/c1-15-7-8-17(3)13(15)18(4)12-6-5-10(9-11(12)15)20-14(19)16-2;4-2(1-5)3(6)7/h5-6,9,13H,7-8H2,1-4H3,(H,16,19);2,5H,1,4H2,(H,6,7)/t;2-/m.0/s1. The fraction of sp³-hybridized carbons (Fsp3) is 0.556. The van der Waals surface area contributed by atoms with Crippen molar-refractivity contribution in [3.63, 3.8) is 0 Å². The van der Waals surface area contributed by atoms with Crippen LogP contribution in [0.1, 0.15) is 18.9 Å². The molecule has 2 heterocycles. The van der Waals surface area contributed by atoms with Crippen LogP contribution in [0.2, 0.25) is 0 Å². The SMILES string of the molecule is CNC(=O)Oc1ccc2c(c1)C1(C)CCN(C)C1N2C.N[C@@H](CO)C(=O)O. The molecular formula is C18H28N4O5. The predicted octanol–water partition coefficient (Wildman–Crippen LogP) is 0.165. The number of hydrogen-bond donors (Lipinski definition) is 4. The molecule has 0 radical (unpaired) electrons. The fourth-order valence-electron chi connectivity index (χ4n) is 3.85. The molecule has 1 amide bonds. The first-order valence-electron chi connectivity index (χ1n) is 8.72. The number of anilines is 1. The third kappa shape index (κ3) is 4.00. The second-order valence-corrected chi connectivity index (χ2v) is 7.08. The minimum Gasteiger partial charge on any atom is -0.480 e. The van der Waals surface area contributed by atoms with Crippen LogP contribution in [0.25, 0.3) is 0 Å². The number of benzene rings is 1. The molecule has 150 valence electrons. The summed E-state index contributed by atoms with van der Waals surface area (Å²) in [6, 6.07) is 4.79. The second kappa shape index (κ2) is 8.12. The number of nitrogens with zero attached hydrogens (tertiary/aromatic N) is 2. The molecule has 2 aliphatic heterocycles. The van der Waals surface area contributed by atoms with Crippen molar-refractivity contribution in [1.29, 1.82) is 0 Å². The zero-order chi connectivity index (χ0) is 20.4. The fourth-order valence-corrected chi connectivity index (χ4v) is 3.85. The molecule has 2 unspecified atom stereocenters. The number of aliphatic carboxylic acids is 1. The maximum absolute atomic E-state index is 11.4. The smallest absolute Gasteiger partial charge is 0.412 e. The van der Waals surface area contributed by atoms with Gasteiger partial charge in [0.2, 0.25) is 0 Å². The Bertz CT molecular complexity index is 713. The van der Waals surface area contributed by atoms with Crippen LogP contribution in [0.5, 0.6) is 5.75 Å². The van der Waals surface area contributed by atoms with Gasteiger partial charge in [-0.2, -0.15) is 0 Å². The van der Waals surface area contributed by atoms with Gasteiger partial charge in [0.25, 0.3) is 0 Å². The summed E-state index contributed by atoms with van der Waals surface area (Å²) in [6.07, 6.45) is 1.07. The third-order valence-electron chi connectivity index (χ3n) is 5.23. The molecule has 0 spiro atoms. The number of fused-ring (bicyclic) bond motifs is 3. The van der Waals surface area contributed by atoms with Gasteiger partial charge >= 0.3 is 12.1 Å². The summed E-state index contributed by atoms with van der Waals surface area (Å²) in [5, 5.41) is 18.4. The predicted molar refractivity (Wildman–Crippen MR) is 101 cm³/mol. The Balaban J connectivity index is 0.000000321. The minimum absolute atomic E-state index is 0.0981. The van der Waals surface area contributed by atoms with Crippen LogP contribution in [0.3, 0.4) is 0 Å². The molecule has 1 aromatic rings. The Labute approximate surface area is 158 Å². The van der Waals surface area contributed by atoms with E-state index in [1.807, 2.05) is 18.2 Å². The van der Waals surface area contributed by atoms with Crippen LogP contribution in [0.15, 0.2) is 18.2 Å². The Morgan fingerprint density at radius 2 is 2.11 bits per heavy atom. The number of likely N-dealkylation sites (N-methyl/N-ethyl adjacent to an activating group) is 2. The van der Waals surface area contributed by atoms with Crippen LogP contribution in [-0.4, -0.2) is 73.7 Å². The maximum atomic E-state index is 11.4. The number of rotatable bonds is 3. The van der Waals surface area contributed by atoms with E-state index >= 15 is 0 Å². The summed E-state index contributed by atoms with van der Waals surface area (Å²) < 4.78 is 5.26. The van der Waals surface area contributed by atoms with Gasteiger partial charge in [0.1, 0.15) is 11.8 Å². The Kier molecular flexibility index (Phi) is 6.30. The lowest BCUT2D eigenvalue weighted by molar-refractivity contribution is -0.139. The normalized spacial score (nSPS) is 24.4. The Hall–Kier alpha value is -2.36. The summed E-state index contributed by atoms with van der Waals surface area (Å²) in [6.45, 7) is 2.88. The van der Waals surface area contributed by atoms with Gasteiger partial charge in [0.05, 0.1) is 12.8 Å². The van der Waals surface area contributed by atoms with Crippen LogP contribution in [0, 0.1) is 0 Å². The molecule has 0 bridgehead atoms. The number of carboxylic acids is 1. The third-order valence-corrected chi connectivity index (χ3v) is 5.23. The number of nitrogens with one attached hydrogen (secondary N) is 1. The van der Waals surface area contributed by atoms with Crippen molar-refractivity contribution in [3.05, 3.63) is 23.8 Å². The van der Waals surface area contributed by atoms with Gasteiger partial charge in [-0.05, 0) is 37.2 Å². The first-order valence-corrected chi connectivity index (χ1v) is 8.72. The molecule has 1 fully saturated rings. The lowest BCUT2D eigenvalue weighted by atomic mass is 9.81. The highest BCUT2D eigenvalue weighted by Gasteiger charge is 2.52. The average Bonchev–Trinajstić information content (AvgIpc) is 3.07. The highest BCUT2D eigenvalue weighted by Crippen LogP contribution is 2.51. The van der Waals surface area contributed by atoms with E-state index in [2.05, 4.69) is 36.1 Å². The molecule has 0 saturated carbocycles. The van der Waals surface area contributed by atoms with Crippen LogP contribution >= 0.6 is 0 Å². The highest BCUT2D eigenvalue weighted by atomic mass is 16.5. The number of hydrogen-bond acceptors (Lipinski definition) is 7. The molecule has 3 rings (SSSR count). The van der Waals surface area contributed by atoms with E-state index in [-0.39, 0.29) is 5.41 Å². The number of nitrogens with two attached hydrogens (primary N) is 1. The van der Waals surface area contributed by atoms with Gasteiger partial charge in [-0.3, -0.25) is 9.69 Å². The van der Waals surface area contributed by atoms with Gasteiger partial charge in [-0.1, -0.05) is 6.92 Å². The van der Waals surface area contributed by atoms with E-state index in [0.717, 1.165) is 13.0 Å². The number of aliphatic hydroxyl groups is 1. The summed E-state index contributed by atoms with van der Waals surface area (Å²) >= 11 is 0. The molecule has 27 heavy (non-hydrogen) atoms. The Morgan fingerprint density at radius 1 is 1.44 bits per heavy atom. The molecule has 5 N–H and O–H groups in total. The van der Waals surface area contributed by atoms with Crippen LogP contribution < -0.4 is 20.7 Å². The van der Waals surface area contributed by atoms with Crippen molar-refractivity contribution in [1.82, 2.24) is 10.2 Å². The molecule has 2 aliphatic rings. The number of ether oxygens (including phenoxy) is 1. The molecule has 1 aromatic carbocycles. The van der Waals surface area contributed by atoms with Crippen molar-refractivity contribution >= 4 is 17.7 Å².